The van der Waals surface area contributed by atoms with Gasteiger partial charge in [-0.1, -0.05) is 6.07 Å². The first-order chi connectivity index (χ1) is 9.11. The number of benzene rings is 1. The number of ketones is 1. The highest BCUT2D eigenvalue weighted by atomic mass is 16.5. The van der Waals surface area contributed by atoms with Crippen LogP contribution < -0.4 is 10.1 Å². The van der Waals surface area contributed by atoms with E-state index in [1.54, 1.807) is 7.11 Å². The lowest BCUT2D eigenvalue weighted by Gasteiger charge is -2.26. The number of hydrogen-bond donors (Lipinski definition) is 1. The van der Waals surface area contributed by atoms with Crippen molar-refractivity contribution in [1.82, 2.24) is 10.2 Å². The minimum atomic E-state index is 0.144. The van der Waals surface area contributed by atoms with E-state index in [1.165, 1.54) is 0 Å². The molecule has 4 heteroatoms. The highest BCUT2D eigenvalue weighted by molar-refractivity contribution is 6.00. The minimum absolute atomic E-state index is 0.144. The Kier molecular flexibility index (Phi) is 4.56. The van der Waals surface area contributed by atoms with Crippen LogP contribution in [0.5, 0.6) is 5.75 Å². The van der Waals surface area contributed by atoms with Gasteiger partial charge in [0, 0.05) is 26.2 Å². The van der Waals surface area contributed by atoms with Gasteiger partial charge in [0.2, 0.25) is 0 Å². The van der Waals surface area contributed by atoms with E-state index in [9.17, 15) is 4.79 Å². The maximum atomic E-state index is 12.5. The van der Waals surface area contributed by atoms with Crippen molar-refractivity contribution in [3.8, 4) is 5.75 Å². The average molecular weight is 262 g/mol. The summed E-state index contributed by atoms with van der Waals surface area (Å²) in [6.07, 6.45) is 0. The van der Waals surface area contributed by atoms with Crippen LogP contribution >= 0.6 is 0 Å². The van der Waals surface area contributed by atoms with Gasteiger partial charge in [0.1, 0.15) is 5.75 Å². The molecule has 1 fully saturated rings. The van der Waals surface area contributed by atoms with Gasteiger partial charge in [0.05, 0.1) is 19.2 Å². The molecule has 1 aromatic rings. The Morgan fingerprint density at radius 3 is 2.63 bits per heavy atom. The van der Waals surface area contributed by atoms with Crippen molar-refractivity contribution in [3.63, 3.8) is 0 Å². The van der Waals surface area contributed by atoms with Gasteiger partial charge >= 0.3 is 0 Å². The van der Waals surface area contributed by atoms with E-state index in [0.29, 0.717) is 17.9 Å². The van der Waals surface area contributed by atoms with Gasteiger partial charge in [-0.2, -0.15) is 0 Å². The molecule has 104 valence electrons. The van der Waals surface area contributed by atoms with Crippen LogP contribution in [0.15, 0.2) is 12.1 Å². The zero-order chi connectivity index (χ0) is 13.8. The van der Waals surface area contributed by atoms with Crippen LogP contribution in [0.1, 0.15) is 21.5 Å². The Labute approximate surface area is 114 Å². The number of carbonyl (C=O) groups excluding carboxylic acids is 1. The Morgan fingerprint density at radius 2 is 2.00 bits per heavy atom. The molecule has 0 aliphatic carbocycles. The number of piperazine rings is 1. The summed E-state index contributed by atoms with van der Waals surface area (Å²) in [7, 11) is 1.62. The van der Waals surface area contributed by atoms with Crippen LogP contribution in [0.25, 0.3) is 0 Å². The Hall–Kier alpha value is -1.39. The molecule has 1 N–H and O–H groups in total. The van der Waals surface area contributed by atoms with E-state index in [4.69, 9.17) is 4.74 Å². The molecule has 0 radical (unpaired) electrons. The van der Waals surface area contributed by atoms with E-state index in [1.807, 2.05) is 26.0 Å². The molecule has 0 unspecified atom stereocenters. The number of carbonyl (C=O) groups is 1. The zero-order valence-corrected chi connectivity index (χ0v) is 12.0. The van der Waals surface area contributed by atoms with Crippen molar-refractivity contribution in [2.45, 2.75) is 13.8 Å². The third-order valence-corrected chi connectivity index (χ3v) is 3.50. The normalized spacial score (nSPS) is 16.4. The summed E-state index contributed by atoms with van der Waals surface area (Å²) in [6, 6.07) is 3.97. The van der Waals surface area contributed by atoms with Gasteiger partial charge in [-0.25, -0.2) is 0 Å². The first-order valence-electron chi connectivity index (χ1n) is 6.73. The summed E-state index contributed by atoms with van der Waals surface area (Å²) in [5, 5.41) is 3.29. The number of nitrogens with zero attached hydrogens (tertiary/aromatic N) is 1. The van der Waals surface area contributed by atoms with Crippen LogP contribution in [-0.4, -0.2) is 50.5 Å². The molecule has 19 heavy (non-hydrogen) atoms. The van der Waals surface area contributed by atoms with E-state index in [2.05, 4.69) is 10.2 Å². The van der Waals surface area contributed by atoms with Gasteiger partial charge < -0.3 is 10.1 Å². The van der Waals surface area contributed by atoms with Crippen molar-refractivity contribution in [2.75, 3.05) is 39.8 Å². The maximum absolute atomic E-state index is 12.5. The Morgan fingerprint density at radius 1 is 1.32 bits per heavy atom. The molecule has 2 rings (SSSR count). The lowest BCUT2D eigenvalue weighted by Crippen LogP contribution is -2.45. The highest BCUT2D eigenvalue weighted by Crippen LogP contribution is 2.25. The van der Waals surface area contributed by atoms with Gasteiger partial charge in [0.25, 0.3) is 0 Å². The molecule has 1 heterocycles. The molecule has 1 aliphatic heterocycles. The van der Waals surface area contributed by atoms with E-state index >= 15 is 0 Å². The topological polar surface area (TPSA) is 41.6 Å². The quantitative estimate of drug-likeness (QED) is 0.833. The first kappa shape index (κ1) is 14.0. The Bertz CT molecular complexity index is 465. The second kappa shape index (κ2) is 6.17. The smallest absolute Gasteiger partial charge is 0.180 e. The highest BCUT2D eigenvalue weighted by Gasteiger charge is 2.19. The molecule has 0 aromatic heterocycles. The third kappa shape index (κ3) is 3.33. The van der Waals surface area contributed by atoms with Crippen molar-refractivity contribution in [2.24, 2.45) is 0 Å². The van der Waals surface area contributed by atoms with Crippen molar-refractivity contribution >= 4 is 5.78 Å². The number of rotatable bonds is 4. The molecule has 4 nitrogen and oxygen atoms in total. The van der Waals surface area contributed by atoms with Crippen molar-refractivity contribution in [1.29, 1.82) is 0 Å². The fourth-order valence-corrected chi connectivity index (χ4v) is 2.59. The van der Waals surface area contributed by atoms with Gasteiger partial charge in [-0.05, 0) is 31.0 Å². The minimum Gasteiger partial charge on any atom is -0.496 e. The largest absolute Gasteiger partial charge is 0.496 e. The first-order valence-corrected chi connectivity index (χ1v) is 6.73. The maximum Gasteiger partial charge on any atom is 0.180 e. The van der Waals surface area contributed by atoms with Crippen LogP contribution in [0.2, 0.25) is 0 Å². The molecular weight excluding hydrogens is 240 g/mol. The number of methoxy groups -OCH3 is 1. The predicted molar refractivity (Wildman–Crippen MR) is 76.1 cm³/mol. The zero-order valence-electron chi connectivity index (χ0n) is 12.0. The van der Waals surface area contributed by atoms with Crippen molar-refractivity contribution in [3.05, 3.63) is 28.8 Å². The van der Waals surface area contributed by atoms with E-state index in [0.717, 1.165) is 37.3 Å². The molecule has 0 atom stereocenters. The second-order valence-corrected chi connectivity index (χ2v) is 5.11. The van der Waals surface area contributed by atoms with E-state index < -0.39 is 0 Å². The van der Waals surface area contributed by atoms with Crippen LogP contribution in [0.4, 0.5) is 0 Å². The molecule has 0 bridgehead atoms. The summed E-state index contributed by atoms with van der Waals surface area (Å²) in [5.74, 6) is 0.858. The summed E-state index contributed by atoms with van der Waals surface area (Å²) >= 11 is 0. The molecule has 0 amide bonds. The van der Waals surface area contributed by atoms with Gasteiger partial charge in [-0.15, -0.1) is 0 Å². The number of Topliss-reactive ketones (excluding diaryl/α,β-unsaturated/α-hetero) is 1. The molecule has 0 saturated carbocycles. The second-order valence-electron chi connectivity index (χ2n) is 5.11. The summed E-state index contributed by atoms with van der Waals surface area (Å²) < 4.78 is 5.39. The molecule has 0 spiro atoms. The standard InChI is InChI=1S/C15H22N2O2/c1-11-8-12(2)15(19-3)13(9-11)14(18)10-17-6-4-16-5-7-17/h8-9,16H,4-7,10H2,1-3H3. The van der Waals surface area contributed by atoms with Crippen LogP contribution in [0, 0.1) is 13.8 Å². The van der Waals surface area contributed by atoms with Crippen LogP contribution in [0.3, 0.4) is 0 Å². The molecule has 1 aliphatic rings. The number of aryl methyl sites for hydroxylation is 2. The predicted octanol–water partition coefficient (Wildman–Crippen LogP) is 1.40. The van der Waals surface area contributed by atoms with Gasteiger partial charge in [-0.3, -0.25) is 9.69 Å². The van der Waals surface area contributed by atoms with Crippen molar-refractivity contribution < 1.29 is 9.53 Å². The average Bonchev–Trinajstić information content (AvgIpc) is 2.39. The molecule has 1 saturated heterocycles. The fourth-order valence-electron chi connectivity index (χ4n) is 2.59. The number of ether oxygens (including phenoxy) is 1. The SMILES string of the molecule is COc1c(C)cc(C)cc1C(=O)CN1CCNCC1. The Balaban J connectivity index is 2.17. The number of nitrogens with one attached hydrogen (secondary N) is 1. The monoisotopic (exact) mass is 262 g/mol. The lowest BCUT2D eigenvalue weighted by atomic mass is 10.0. The fraction of sp³-hybridized carbons (Fsp3) is 0.533. The van der Waals surface area contributed by atoms with Gasteiger partial charge in [0.15, 0.2) is 5.78 Å². The summed E-state index contributed by atoms with van der Waals surface area (Å²) in [4.78, 5) is 14.6. The molecular formula is C15H22N2O2. The number of hydrogen-bond acceptors (Lipinski definition) is 4. The van der Waals surface area contributed by atoms with Crippen LogP contribution in [-0.2, 0) is 0 Å². The summed E-state index contributed by atoms with van der Waals surface area (Å²) in [5.41, 5.74) is 2.83. The third-order valence-electron chi connectivity index (χ3n) is 3.50. The summed E-state index contributed by atoms with van der Waals surface area (Å²) in [6.45, 7) is 8.23. The lowest BCUT2D eigenvalue weighted by molar-refractivity contribution is 0.0918. The van der Waals surface area contributed by atoms with E-state index in [-0.39, 0.29) is 5.78 Å². The molecule has 1 aromatic carbocycles.